The lowest BCUT2D eigenvalue weighted by Gasteiger charge is -2.13. The molecule has 0 saturated heterocycles. The molecule has 0 bridgehead atoms. The smallest absolute Gasteiger partial charge is 0.177 e. The van der Waals surface area contributed by atoms with Gasteiger partial charge in [-0.2, -0.15) is 5.26 Å². The number of aromatic nitrogens is 3. The zero-order valence-corrected chi connectivity index (χ0v) is 13.4. The first-order valence-electron chi connectivity index (χ1n) is 7.19. The molecule has 1 N–H and O–H groups in total. The Kier molecular flexibility index (Phi) is 4.31. The third-order valence-corrected chi connectivity index (χ3v) is 4.03. The van der Waals surface area contributed by atoms with Gasteiger partial charge < -0.3 is 9.88 Å². The molecule has 0 aliphatic rings. The summed E-state index contributed by atoms with van der Waals surface area (Å²) in [5.74, 6) is -0.000302. The number of hydrogen-bond acceptors (Lipinski definition) is 4. The Balaban J connectivity index is 1.82. The van der Waals surface area contributed by atoms with Crippen LogP contribution in [0.5, 0.6) is 0 Å². The fourth-order valence-corrected chi connectivity index (χ4v) is 2.65. The summed E-state index contributed by atoms with van der Waals surface area (Å²) in [6.07, 6.45) is 1.69. The number of nitrogens with zero attached hydrogens (tertiary/aromatic N) is 4. The van der Waals surface area contributed by atoms with E-state index in [4.69, 9.17) is 12.2 Å². The Bertz CT molecular complexity index is 879. The number of nitrogens with one attached hydrogen (secondary N) is 1. The van der Waals surface area contributed by atoms with Crippen LogP contribution in [0.3, 0.4) is 0 Å². The first kappa shape index (κ1) is 15.1. The van der Waals surface area contributed by atoms with Gasteiger partial charge in [0.2, 0.25) is 0 Å². The van der Waals surface area contributed by atoms with Crippen LogP contribution in [0, 0.1) is 11.3 Å². The van der Waals surface area contributed by atoms with E-state index in [1.165, 1.54) is 0 Å². The minimum Gasteiger partial charge on any atom is -0.374 e. The zero-order chi connectivity index (χ0) is 16.2. The van der Waals surface area contributed by atoms with Gasteiger partial charge >= 0.3 is 0 Å². The van der Waals surface area contributed by atoms with Crippen LogP contribution in [0.25, 0.3) is 11.2 Å². The maximum atomic E-state index is 9.55. The molecule has 1 atom stereocenters. The van der Waals surface area contributed by atoms with Crippen molar-refractivity contribution < 1.29 is 0 Å². The van der Waals surface area contributed by atoms with Crippen LogP contribution in [0.15, 0.2) is 48.7 Å². The van der Waals surface area contributed by atoms with Crippen LogP contribution >= 0.6 is 12.2 Å². The molecular weight excluding hydrogens is 306 g/mol. The summed E-state index contributed by atoms with van der Waals surface area (Å²) >= 11 is 5.41. The molecule has 5 nitrogen and oxygen atoms in total. The predicted octanol–water partition coefficient (Wildman–Crippen LogP) is 2.69. The van der Waals surface area contributed by atoms with Gasteiger partial charge in [-0.05, 0) is 17.7 Å². The summed E-state index contributed by atoms with van der Waals surface area (Å²) < 4.78 is 1.87. The second-order valence-corrected chi connectivity index (χ2v) is 5.58. The maximum absolute atomic E-state index is 9.55. The number of imidazole rings is 1. The summed E-state index contributed by atoms with van der Waals surface area (Å²) in [7, 11) is 1.87. The van der Waals surface area contributed by atoms with Crippen LogP contribution in [-0.4, -0.2) is 19.5 Å². The van der Waals surface area contributed by atoms with Gasteiger partial charge in [0.05, 0.1) is 11.6 Å². The van der Waals surface area contributed by atoms with Crippen molar-refractivity contribution in [2.45, 2.75) is 12.5 Å². The number of aryl methyl sites for hydroxylation is 1. The number of benzene rings is 1. The number of pyridine rings is 1. The predicted molar refractivity (Wildman–Crippen MR) is 92.7 cm³/mol. The number of thiocarbonyl (C=S) groups is 1. The van der Waals surface area contributed by atoms with Crippen molar-refractivity contribution in [3.63, 3.8) is 0 Å². The molecule has 0 amide bonds. The van der Waals surface area contributed by atoms with E-state index in [1.807, 2.05) is 54.1 Å². The minimum atomic E-state index is -0.604. The molecule has 3 rings (SSSR count). The normalized spacial score (nSPS) is 11.8. The molecule has 1 unspecified atom stereocenters. The van der Waals surface area contributed by atoms with Gasteiger partial charge in [-0.3, -0.25) is 0 Å². The molecule has 6 heteroatoms. The lowest BCUT2D eigenvalue weighted by atomic mass is 10.1. The fourth-order valence-electron chi connectivity index (χ4n) is 2.42. The summed E-state index contributed by atoms with van der Waals surface area (Å²) in [6, 6.07) is 15.9. The molecule has 0 aliphatic carbocycles. The molecule has 114 valence electrons. The summed E-state index contributed by atoms with van der Waals surface area (Å²) in [5, 5.41) is 12.7. The van der Waals surface area contributed by atoms with Gasteiger partial charge in [-0.25, -0.2) is 9.97 Å². The van der Waals surface area contributed by atoms with E-state index >= 15 is 0 Å². The SMILES string of the molecule is Cn1c(C(C#N)C(=S)NCc2ccccc2)nc2ncccc21. The lowest BCUT2D eigenvalue weighted by Crippen LogP contribution is -2.28. The van der Waals surface area contributed by atoms with Gasteiger partial charge in [0.1, 0.15) is 10.8 Å². The van der Waals surface area contributed by atoms with Crippen molar-refractivity contribution in [2.75, 3.05) is 0 Å². The van der Waals surface area contributed by atoms with Gasteiger partial charge in [0.15, 0.2) is 11.6 Å². The van der Waals surface area contributed by atoms with Gasteiger partial charge in [0, 0.05) is 19.8 Å². The average Bonchev–Trinajstić information content (AvgIpc) is 2.92. The van der Waals surface area contributed by atoms with E-state index in [0.29, 0.717) is 23.0 Å². The van der Waals surface area contributed by atoms with E-state index in [0.717, 1.165) is 11.1 Å². The molecule has 3 aromatic rings. The van der Waals surface area contributed by atoms with Gasteiger partial charge in [-0.15, -0.1) is 0 Å². The molecule has 0 radical (unpaired) electrons. The van der Waals surface area contributed by atoms with Crippen LogP contribution in [-0.2, 0) is 13.6 Å². The van der Waals surface area contributed by atoms with Crippen LogP contribution in [0.2, 0.25) is 0 Å². The summed E-state index contributed by atoms with van der Waals surface area (Å²) in [6.45, 7) is 0.583. The van der Waals surface area contributed by atoms with E-state index in [1.54, 1.807) is 6.20 Å². The summed E-state index contributed by atoms with van der Waals surface area (Å²) in [4.78, 5) is 9.16. The zero-order valence-electron chi connectivity index (χ0n) is 12.6. The third-order valence-electron chi connectivity index (χ3n) is 3.65. The lowest BCUT2D eigenvalue weighted by molar-refractivity contribution is 0.808. The van der Waals surface area contributed by atoms with E-state index in [-0.39, 0.29) is 0 Å². The Morgan fingerprint density at radius 2 is 2.09 bits per heavy atom. The first-order chi connectivity index (χ1) is 11.2. The van der Waals surface area contributed by atoms with E-state index in [9.17, 15) is 5.26 Å². The third kappa shape index (κ3) is 3.05. The summed E-state index contributed by atoms with van der Waals surface area (Å²) in [5.41, 5.74) is 2.61. The number of fused-ring (bicyclic) bond motifs is 1. The van der Waals surface area contributed by atoms with E-state index < -0.39 is 5.92 Å². The Morgan fingerprint density at radius 1 is 1.30 bits per heavy atom. The van der Waals surface area contributed by atoms with Gasteiger partial charge in [-0.1, -0.05) is 42.5 Å². The topological polar surface area (TPSA) is 66.5 Å². The molecular formula is C17H15N5S. The van der Waals surface area contributed by atoms with Gasteiger partial charge in [0.25, 0.3) is 0 Å². The average molecular weight is 321 g/mol. The van der Waals surface area contributed by atoms with Crippen molar-refractivity contribution in [3.8, 4) is 6.07 Å². The number of rotatable bonds is 4. The van der Waals surface area contributed by atoms with Crippen molar-refractivity contribution in [1.29, 1.82) is 5.26 Å². The highest BCUT2D eigenvalue weighted by atomic mass is 32.1. The molecule has 0 aliphatic heterocycles. The second-order valence-electron chi connectivity index (χ2n) is 5.14. The fraction of sp³-hybridized carbons (Fsp3) is 0.176. The first-order valence-corrected chi connectivity index (χ1v) is 7.60. The molecule has 0 fully saturated rings. The van der Waals surface area contributed by atoms with E-state index in [2.05, 4.69) is 21.4 Å². The molecule has 0 saturated carbocycles. The van der Waals surface area contributed by atoms with Crippen molar-refractivity contribution in [2.24, 2.45) is 7.05 Å². The minimum absolute atomic E-state index is 0.467. The quantitative estimate of drug-likeness (QED) is 0.748. The van der Waals surface area contributed by atoms with Crippen molar-refractivity contribution in [3.05, 3.63) is 60.0 Å². The highest BCUT2D eigenvalue weighted by Gasteiger charge is 2.23. The van der Waals surface area contributed by atoms with Crippen LogP contribution < -0.4 is 5.32 Å². The Morgan fingerprint density at radius 3 is 2.78 bits per heavy atom. The number of hydrogen-bond donors (Lipinski definition) is 1. The molecule has 23 heavy (non-hydrogen) atoms. The monoisotopic (exact) mass is 321 g/mol. The van der Waals surface area contributed by atoms with Crippen molar-refractivity contribution >= 4 is 28.4 Å². The van der Waals surface area contributed by atoms with Crippen molar-refractivity contribution in [1.82, 2.24) is 19.9 Å². The Hall–Kier alpha value is -2.78. The standard InChI is InChI=1S/C17H15N5S/c1-22-14-8-5-9-19-15(14)21-16(22)13(10-18)17(23)20-11-12-6-3-2-4-7-12/h2-9,13H,11H2,1H3,(H,20,23). The molecule has 2 aromatic heterocycles. The second kappa shape index (κ2) is 6.55. The van der Waals surface area contributed by atoms with Crippen LogP contribution in [0.1, 0.15) is 17.3 Å². The number of nitriles is 1. The molecule has 2 heterocycles. The van der Waals surface area contributed by atoms with Crippen LogP contribution in [0.4, 0.5) is 0 Å². The molecule has 0 spiro atoms. The maximum Gasteiger partial charge on any atom is 0.177 e. The highest BCUT2D eigenvalue weighted by Crippen LogP contribution is 2.20. The highest BCUT2D eigenvalue weighted by molar-refractivity contribution is 7.80. The largest absolute Gasteiger partial charge is 0.374 e. The molecule has 1 aromatic carbocycles. The Labute approximate surface area is 139 Å².